The van der Waals surface area contributed by atoms with Gasteiger partial charge in [-0.25, -0.2) is 5.43 Å². The second-order valence-corrected chi connectivity index (χ2v) is 5.99. The van der Waals surface area contributed by atoms with Crippen LogP contribution in [0.1, 0.15) is 31.0 Å². The zero-order valence-corrected chi connectivity index (χ0v) is 13.5. The number of ether oxygens (including phenoxy) is 1. The fourth-order valence-electron chi connectivity index (χ4n) is 2.19. The monoisotopic (exact) mass is 302 g/mol. The third kappa shape index (κ3) is 4.24. The average molecular weight is 302 g/mol. The van der Waals surface area contributed by atoms with E-state index in [-0.39, 0.29) is 12.1 Å². The lowest BCUT2D eigenvalue weighted by atomic mass is 9.99. The van der Waals surface area contributed by atoms with E-state index in [4.69, 9.17) is 10.6 Å². The van der Waals surface area contributed by atoms with Gasteiger partial charge in [0.1, 0.15) is 5.75 Å². The maximum absolute atomic E-state index is 5.74. The molecule has 0 aromatic heterocycles. The molecule has 0 fully saturated rings. The smallest absolute Gasteiger partial charge is 0.119 e. The minimum atomic E-state index is -0.0194. The van der Waals surface area contributed by atoms with Crippen LogP contribution in [0.5, 0.6) is 5.75 Å². The van der Waals surface area contributed by atoms with Gasteiger partial charge in [-0.15, -0.1) is 11.8 Å². The molecule has 0 aliphatic carbocycles. The van der Waals surface area contributed by atoms with Gasteiger partial charge in [0.2, 0.25) is 0 Å². The van der Waals surface area contributed by atoms with Crippen LogP contribution < -0.4 is 16.0 Å². The Kier molecular flexibility index (Phi) is 5.67. The topological polar surface area (TPSA) is 47.3 Å². The summed E-state index contributed by atoms with van der Waals surface area (Å²) in [6.45, 7) is 4.04. The SMILES string of the molecule is CSc1ccc(C(NN)c2ccc(OC(C)C)cc2)cc1. The van der Waals surface area contributed by atoms with Crippen molar-refractivity contribution in [2.75, 3.05) is 6.26 Å². The number of benzene rings is 2. The van der Waals surface area contributed by atoms with E-state index in [1.807, 2.05) is 38.1 Å². The van der Waals surface area contributed by atoms with Crippen LogP contribution in [0, 0.1) is 0 Å². The molecular weight excluding hydrogens is 280 g/mol. The third-order valence-corrected chi connectivity index (χ3v) is 3.94. The zero-order chi connectivity index (χ0) is 15.2. The van der Waals surface area contributed by atoms with E-state index in [9.17, 15) is 0 Å². The van der Waals surface area contributed by atoms with Crippen LogP contribution in [0.15, 0.2) is 53.4 Å². The van der Waals surface area contributed by atoms with Gasteiger partial charge >= 0.3 is 0 Å². The van der Waals surface area contributed by atoms with Crippen LogP contribution in [0.25, 0.3) is 0 Å². The highest BCUT2D eigenvalue weighted by molar-refractivity contribution is 7.98. The van der Waals surface area contributed by atoms with Gasteiger partial charge in [-0.05, 0) is 55.5 Å². The maximum Gasteiger partial charge on any atom is 0.119 e. The number of hydrogen-bond acceptors (Lipinski definition) is 4. The predicted molar refractivity (Wildman–Crippen MR) is 89.6 cm³/mol. The standard InChI is InChI=1S/C17H22N2OS/c1-12(2)20-15-8-4-13(5-9-15)17(19-18)14-6-10-16(21-3)11-7-14/h4-12,17,19H,18H2,1-3H3. The Balaban J connectivity index is 2.19. The summed E-state index contributed by atoms with van der Waals surface area (Å²) >= 11 is 1.73. The lowest BCUT2D eigenvalue weighted by Crippen LogP contribution is -2.28. The largest absolute Gasteiger partial charge is 0.491 e. The van der Waals surface area contributed by atoms with Crippen molar-refractivity contribution in [1.82, 2.24) is 5.43 Å². The van der Waals surface area contributed by atoms with Crippen molar-refractivity contribution in [3.8, 4) is 5.75 Å². The van der Waals surface area contributed by atoms with Crippen LogP contribution in [0.4, 0.5) is 0 Å². The predicted octanol–water partition coefficient (Wildman–Crippen LogP) is 3.75. The number of nitrogens with two attached hydrogens (primary N) is 1. The van der Waals surface area contributed by atoms with Gasteiger partial charge in [-0.2, -0.15) is 0 Å². The Morgan fingerprint density at radius 1 is 0.952 bits per heavy atom. The molecule has 21 heavy (non-hydrogen) atoms. The van der Waals surface area contributed by atoms with E-state index < -0.39 is 0 Å². The molecular formula is C17H22N2OS. The van der Waals surface area contributed by atoms with Crippen molar-refractivity contribution in [2.24, 2.45) is 5.84 Å². The molecule has 112 valence electrons. The number of thioether (sulfide) groups is 1. The molecule has 2 rings (SSSR count). The molecule has 4 heteroatoms. The minimum Gasteiger partial charge on any atom is -0.491 e. The second kappa shape index (κ2) is 7.50. The van der Waals surface area contributed by atoms with Crippen molar-refractivity contribution < 1.29 is 4.74 Å². The van der Waals surface area contributed by atoms with Crippen LogP contribution in [0.2, 0.25) is 0 Å². The van der Waals surface area contributed by atoms with Gasteiger partial charge in [-0.3, -0.25) is 5.84 Å². The molecule has 0 amide bonds. The van der Waals surface area contributed by atoms with Crippen molar-refractivity contribution in [3.05, 3.63) is 59.7 Å². The molecule has 0 aliphatic heterocycles. The van der Waals surface area contributed by atoms with Gasteiger partial charge < -0.3 is 4.74 Å². The molecule has 0 spiro atoms. The first-order chi connectivity index (χ1) is 10.1. The normalized spacial score (nSPS) is 12.4. The molecule has 0 heterocycles. The highest BCUT2D eigenvalue weighted by Crippen LogP contribution is 2.25. The fraction of sp³-hybridized carbons (Fsp3) is 0.294. The number of nitrogens with one attached hydrogen (secondary N) is 1. The molecule has 1 unspecified atom stereocenters. The van der Waals surface area contributed by atoms with Crippen LogP contribution in [-0.4, -0.2) is 12.4 Å². The summed E-state index contributed by atoms with van der Waals surface area (Å²) in [6, 6.07) is 16.5. The molecule has 3 nitrogen and oxygen atoms in total. The summed E-state index contributed by atoms with van der Waals surface area (Å²) in [7, 11) is 0. The van der Waals surface area contributed by atoms with E-state index in [0.717, 1.165) is 16.9 Å². The molecule has 2 aromatic carbocycles. The summed E-state index contributed by atoms with van der Waals surface area (Å²) in [4.78, 5) is 1.25. The molecule has 1 atom stereocenters. The van der Waals surface area contributed by atoms with Crippen LogP contribution in [0.3, 0.4) is 0 Å². The Bertz CT molecular complexity index is 552. The lowest BCUT2D eigenvalue weighted by Gasteiger charge is -2.18. The summed E-state index contributed by atoms with van der Waals surface area (Å²) in [6.07, 6.45) is 2.25. The summed E-state index contributed by atoms with van der Waals surface area (Å²) < 4.78 is 5.66. The van der Waals surface area contributed by atoms with E-state index in [0.29, 0.717) is 0 Å². The van der Waals surface area contributed by atoms with E-state index in [1.54, 1.807) is 11.8 Å². The Morgan fingerprint density at radius 3 is 1.90 bits per heavy atom. The summed E-state index contributed by atoms with van der Waals surface area (Å²) in [5.41, 5.74) is 5.15. The Morgan fingerprint density at radius 2 is 1.48 bits per heavy atom. The lowest BCUT2D eigenvalue weighted by molar-refractivity contribution is 0.242. The van der Waals surface area contributed by atoms with E-state index in [1.165, 1.54) is 4.90 Å². The summed E-state index contributed by atoms with van der Waals surface area (Å²) in [5, 5.41) is 0. The van der Waals surface area contributed by atoms with Gasteiger partial charge in [0, 0.05) is 4.90 Å². The van der Waals surface area contributed by atoms with Crippen molar-refractivity contribution >= 4 is 11.8 Å². The minimum absolute atomic E-state index is 0.0194. The quantitative estimate of drug-likeness (QED) is 0.485. The van der Waals surface area contributed by atoms with Crippen molar-refractivity contribution in [2.45, 2.75) is 30.9 Å². The molecule has 2 aromatic rings. The highest BCUT2D eigenvalue weighted by atomic mass is 32.2. The second-order valence-electron chi connectivity index (χ2n) is 5.11. The zero-order valence-electron chi connectivity index (χ0n) is 12.7. The van der Waals surface area contributed by atoms with Gasteiger partial charge in [0.25, 0.3) is 0 Å². The fourth-order valence-corrected chi connectivity index (χ4v) is 2.60. The first-order valence-electron chi connectivity index (χ1n) is 7.00. The average Bonchev–Trinajstić information content (AvgIpc) is 2.50. The van der Waals surface area contributed by atoms with Gasteiger partial charge in [-0.1, -0.05) is 24.3 Å². The van der Waals surface area contributed by atoms with E-state index in [2.05, 4.69) is 35.9 Å². The van der Waals surface area contributed by atoms with Crippen LogP contribution in [-0.2, 0) is 0 Å². The molecule has 0 radical (unpaired) electrons. The molecule has 0 saturated heterocycles. The third-order valence-electron chi connectivity index (χ3n) is 3.20. The number of hydrazine groups is 1. The molecule has 0 aliphatic rings. The molecule has 0 bridgehead atoms. The Labute approximate surface area is 130 Å². The first kappa shape index (κ1) is 15.9. The highest BCUT2D eigenvalue weighted by Gasteiger charge is 2.12. The number of hydrogen-bond donors (Lipinski definition) is 2. The van der Waals surface area contributed by atoms with Crippen LogP contribution >= 0.6 is 11.8 Å². The van der Waals surface area contributed by atoms with Crippen molar-refractivity contribution in [1.29, 1.82) is 0 Å². The molecule has 3 N–H and O–H groups in total. The number of rotatable bonds is 6. The van der Waals surface area contributed by atoms with Gasteiger partial charge in [0.15, 0.2) is 0 Å². The van der Waals surface area contributed by atoms with Crippen molar-refractivity contribution in [3.63, 3.8) is 0 Å². The molecule has 0 saturated carbocycles. The first-order valence-corrected chi connectivity index (χ1v) is 8.23. The van der Waals surface area contributed by atoms with Gasteiger partial charge in [0.05, 0.1) is 12.1 Å². The maximum atomic E-state index is 5.74. The van der Waals surface area contributed by atoms with E-state index >= 15 is 0 Å². The Hall–Kier alpha value is -1.49. The summed E-state index contributed by atoms with van der Waals surface area (Å²) in [5.74, 6) is 6.62.